The fraction of sp³-hybridized carbons (Fsp3) is 0.0556. The predicted molar refractivity (Wildman–Crippen MR) is 90.6 cm³/mol. The first kappa shape index (κ1) is 14.7. The first-order chi connectivity index (χ1) is 10.7. The Labute approximate surface area is 138 Å². The summed E-state index contributed by atoms with van der Waals surface area (Å²) in [4.78, 5) is 4.33. The molecule has 0 atom stereocenters. The first-order valence-corrected chi connectivity index (χ1v) is 7.40. The minimum Gasteiger partial charge on any atom is -0.479 e. The van der Waals surface area contributed by atoms with Crippen molar-refractivity contribution in [1.82, 2.24) is 4.98 Å². The molecular weight excluding hydrogens is 317 g/mol. The molecule has 2 aromatic carbocycles. The number of ether oxygens (including phenoxy) is 1. The molecule has 0 saturated heterocycles. The van der Waals surface area contributed by atoms with E-state index in [9.17, 15) is 0 Å². The van der Waals surface area contributed by atoms with Gasteiger partial charge in [-0.3, -0.25) is 4.98 Å². The number of halogens is 2. The van der Waals surface area contributed by atoms with E-state index in [1.54, 1.807) is 18.3 Å². The molecule has 0 spiro atoms. The summed E-state index contributed by atoms with van der Waals surface area (Å²) in [5, 5.41) is 2.05. The number of rotatable bonds is 2. The molecule has 3 aromatic rings. The molecule has 1 heterocycles. The van der Waals surface area contributed by atoms with Crippen LogP contribution in [0.1, 0.15) is 5.56 Å². The predicted octanol–water partition coefficient (Wildman–Crippen LogP) is 4.97. The van der Waals surface area contributed by atoms with Crippen molar-refractivity contribution in [2.75, 3.05) is 6.61 Å². The van der Waals surface area contributed by atoms with Crippen molar-refractivity contribution in [3.05, 3.63) is 70.3 Å². The van der Waals surface area contributed by atoms with Crippen molar-refractivity contribution in [1.29, 1.82) is 0 Å². The molecule has 0 bridgehead atoms. The fourth-order valence-electron chi connectivity index (χ4n) is 2.02. The van der Waals surface area contributed by atoms with Gasteiger partial charge in [0.2, 0.25) is 0 Å². The molecule has 0 aliphatic rings. The molecule has 0 aliphatic heterocycles. The minimum atomic E-state index is 0.274. The summed E-state index contributed by atoms with van der Waals surface area (Å²) >= 11 is 11.8. The molecule has 0 amide bonds. The number of aromatic nitrogens is 1. The van der Waals surface area contributed by atoms with E-state index in [1.807, 2.05) is 36.4 Å². The maximum atomic E-state index is 5.95. The zero-order valence-electron chi connectivity index (χ0n) is 11.5. The van der Waals surface area contributed by atoms with Gasteiger partial charge >= 0.3 is 0 Å². The lowest BCUT2D eigenvalue weighted by molar-refractivity contribution is 0.374. The molecule has 0 unspecified atom stereocenters. The summed E-state index contributed by atoms with van der Waals surface area (Å²) in [6, 6.07) is 15.0. The van der Waals surface area contributed by atoms with E-state index in [0.29, 0.717) is 10.0 Å². The van der Waals surface area contributed by atoms with Crippen LogP contribution in [0, 0.1) is 11.8 Å². The molecule has 0 fully saturated rings. The van der Waals surface area contributed by atoms with Gasteiger partial charge in [0.1, 0.15) is 17.9 Å². The largest absolute Gasteiger partial charge is 0.479 e. The SMILES string of the molecule is Clc1ccc(C#CCOc2cccc3cccnc23)cc1Cl. The highest BCUT2D eigenvalue weighted by molar-refractivity contribution is 6.42. The second-order valence-corrected chi connectivity index (χ2v) is 5.37. The van der Waals surface area contributed by atoms with E-state index < -0.39 is 0 Å². The summed E-state index contributed by atoms with van der Waals surface area (Å²) < 4.78 is 5.70. The van der Waals surface area contributed by atoms with Crippen molar-refractivity contribution >= 4 is 34.1 Å². The Morgan fingerprint density at radius 2 is 1.86 bits per heavy atom. The van der Waals surface area contributed by atoms with Crippen molar-refractivity contribution in [3.8, 4) is 17.6 Å². The third kappa shape index (κ3) is 3.33. The van der Waals surface area contributed by atoms with Gasteiger partial charge < -0.3 is 4.74 Å². The number of fused-ring (bicyclic) bond motifs is 1. The van der Waals surface area contributed by atoms with E-state index in [4.69, 9.17) is 27.9 Å². The molecule has 2 nitrogen and oxygen atoms in total. The monoisotopic (exact) mass is 327 g/mol. The van der Waals surface area contributed by atoms with Crippen molar-refractivity contribution in [2.24, 2.45) is 0 Å². The van der Waals surface area contributed by atoms with Gasteiger partial charge in [-0.05, 0) is 30.3 Å². The van der Waals surface area contributed by atoms with Crippen molar-refractivity contribution in [3.63, 3.8) is 0 Å². The molecule has 0 radical (unpaired) electrons. The lowest BCUT2D eigenvalue weighted by Gasteiger charge is -2.05. The number of hydrogen-bond acceptors (Lipinski definition) is 2. The van der Waals surface area contributed by atoms with E-state index >= 15 is 0 Å². The van der Waals surface area contributed by atoms with Gasteiger partial charge in [0.15, 0.2) is 0 Å². The number of pyridine rings is 1. The van der Waals surface area contributed by atoms with Crippen LogP contribution in [0.25, 0.3) is 10.9 Å². The van der Waals surface area contributed by atoms with E-state index in [-0.39, 0.29) is 6.61 Å². The highest BCUT2D eigenvalue weighted by Gasteiger charge is 2.01. The second kappa shape index (κ2) is 6.70. The number of para-hydroxylation sites is 1. The van der Waals surface area contributed by atoms with Gasteiger partial charge in [0, 0.05) is 17.1 Å². The molecule has 0 saturated carbocycles. The molecule has 1 aromatic heterocycles. The topological polar surface area (TPSA) is 22.1 Å². The Bertz CT molecular complexity index is 876. The van der Waals surface area contributed by atoms with Crippen LogP contribution in [0.3, 0.4) is 0 Å². The molecule has 0 N–H and O–H groups in total. The third-order valence-electron chi connectivity index (χ3n) is 3.05. The maximum absolute atomic E-state index is 5.95. The normalized spacial score (nSPS) is 10.1. The number of hydrogen-bond donors (Lipinski definition) is 0. The molecule has 108 valence electrons. The number of nitrogens with zero attached hydrogens (tertiary/aromatic N) is 1. The standard InChI is InChI=1S/C18H11Cl2NO/c19-15-9-8-13(12-16(15)20)4-3-11-22-17-7-1-5-14-6-2-10-21-18(14)17/h1-2,5-10,12H,11H2. The first-order valence-electron chi connectivity index (χ1n) is 6.64. The van der Waals surface area contributed by atoms with Crippen LogP contribution in [0.5, 0.6) is 5.75 Å². The molecule has 0 aliphatic carbocycles. The van der Waals surface area contributed by atoms with Crippen molar-refractivity contribution < 1.29 is 4.74 Å². The Hall–Kier alpha value is -2.21. The maximum Gasteiger partial charge on any atom is 0.149 e. The van der Waals surface area contributed by atoms with Crippen LogP contribution >= 0.6 is 23.2 Å². The van der Waals surface area contributed by atoms with Gasteiger partial charge in [-0.15, -0.1) is 0 Å². The Morgan fingerprint density at radius 1 is 1.00 bits per heavy atom. The quantitative estimate of drug-likeness (QED) is 0.620. The van der Waals surface area contributed by atoms with Crippen LogP contribution < -0.4 is 4.74 Å². The van der Waals surface area contributed by atoms with Crippen LogP contribution in [0.15, 0.2) is 54.7 Å². The van der Waals surface area contributed by atoms with E-state index in [2.05, 4.69) is 16.8 Å². The summed E-state index contributed by atoms with van der Waals surface area (Å²) in [7, 11) is 0. The van der Waals surface area contributed by atoms with Gasteiger partial charge in [-0.2, -0.15) is 0 Å². The van der Waals surface area contributed by atoms with Gasteiger partial charge in [-0.1, -0.05) is 53.2 Å². The molecular formula is C18H11Cl2NO. The Morgan fingerprint density at radius 3 is 2.73 bits per heavy atom. The molecule has 3 rings (SSSR count). The Kier molecular flexibility index (Phi) is 4.48. The third-order valence-corrected chi connectivity index (χ3v) is 3.79. The lowest BCUT2D eigenvalue weighted by atomic mass is 10.2. The summed E-state index contributed by atoms with van der Waals surface area (Å²) in [6.07, 6.45) is 1.75. The average molecular weight is 328 g/mol. The van der Waals surface area contributed by atoms with Gasteiger partial charge in [0.05, 0.1) is 10.0 Å². The van der Waals surface area contributed by atoms with Crippen LogP contribution in [0.2, 0.25) is 10.0 Å². The van der Waals surface area contributed by atoms with Crippen LogP contribution in [-0.4, -0.2) is 11.6 Å². The highest BCUT2D eigenvalue weighted by atomic mass is 35.5. The summed E-state index contributed by atoms with van der Waals surface area (Å²) in [6.45, 7) is 0.274. The van der Waals surface area contributed by atoms with Gasteiger partial charge in [0.25, 0.3) is 0 Å². The van der Waals surface area contributed by atoms with E-state index in [1.165, 1.54) is 0 Å². The Balaban J connectivity index is 1.73. The fourth-order valence-corrected chi connectivity index (χ4v) is 2.32. The summed E-state index contributed by atoms with van der Waals surface area (Å²) in [5.74, 6) is 6.68. The lowest BCUT2D eigenvalue weighted by Crippen LogP contribution is -1.95. The molecule has 4 heteroatoms. The zero-order valence-corrected chi connectivity index (χ0v) is 13.0. The minimum absolute atomic E-state index is 0.274. The molecule has 22 heavy (non-hydrogen) atoms. The smallest absolute Gasteiger partial charge is 0.149 e. The highest BCUT2D eigenvalue weighted by Crippen LogP contribution is 2.23. The average Bonchev–Trinajstić information content (AvgIpc) is 2.55. The van der Waals surface area contributed by atoms with E-state index in [0.717, 1.165) is 22.2 Å². The number of benzene rings is 2. The van der Waals surface area contributed by atoms with Crippen LogP contribution in [-0.2, 0) is 0 Å². The van der Waals surface area contributed by atoms with Crippen LogP contribution in [0.4, 0.5) is 0 Å². The van der Waals surface area contributed by atoms with Crippen molar-refractivity contribution in [2.45, 2.75) is 0 Å². The summed E-state index contributed by atoms with van der Waals surface area (Å²) in [5.41, 5.74) is 1.63. The van der Waals surface area contributed by atoms with Gasteiger partial charge in [-0.25, -0.2) is 0 Å². The zero-order chi connectivity index (χ0) is 15.4. The second-order valence-electron chi connectivity index (χ2n) is 4.55.